The number of ketones is 1. The number of nitriles is 1. The van der Waals surface area contributed by atoms with Gasteiger partial charge in [-0.15, -0.1) is 0 Å². The van der Waals surface area contributed by atoms with Gasteiger partial charge < -0.3 is 4.98 Å². The first kappa shape index (κ1) is 15.9. The van der Waals surface area contributed by atoms with Crippen molar-refractivity contribution in [1.29, 1.82) is 5.26 Å². The van der Waals surface area contributed by atoms with Crippen LogP contribution in [0.4, 0.5) is 8.78 Å². The van der Waals surface area contributed by atoms with E-state index in [0.29, 0.717) is 15.9 Å². The first-order valence-electron chi connectivity index (χ1n) is 6.88. The van der Waals surface area contributed by atoms with Crippen molar-refractivity contribution >= 4 is 34.4 Å². The predicted octanol–water partition coefficient (Wildman–Crippen LogP) is 4.89. The van der Waals surface area contributed by atoms with E-state index >= 15 is 0 Å². The Bertz CT molecular complexity index is 1030. The number of H-pyrrole nitrogens is 1. The molecule has 0 aliphatic carbocycles. The third-order valence-electron chi connectivity index (χ3n) is 3.53. The monoisotopic (exact) mass is 342 g/mol. The van der Waals surface area contributed by atoms with Gasteiger partial charge in [0.1, 0.15) is 11.6 Å². The number of aromatic nitrogens is 1. The van der Waals surface area contributed by atoms with Crippen molar-refractivity contribution in [2.45, 2.75) is 0 Å². The Balaban J connectivity index is 2.07. The largest absolute Gasteiger partial charge is 0.360 e. The molecule has 0 fully saturated rings. The van der Waals surface area contributed by atoms with Gasteiger partial charge in [-0.05, 0) is 24.3 Å². The molecule has 0 saturated carbocycles. The van der Waals surface area contributed by atoms with Crippen LogP contribution in [0.25, 0.3) is 17.0 Å². The number of aromatic amines is 1. The quantitative estimate of drug-likeness (QED) is 0.418. The Morgan fingerprint density at radius 3 is 2.79 bits per heavy atom. The summed E-state index contributed by atoms with van der Waals surface area (Å²) in [5.74, 6) is -2.74. The fourth-order valence-corrected chi connectivity index (χ4v) is 2.54. The van der Waals surface area contributed by atoms with Gasteiger partial charge in [0.2, 0.25) is 5.78 Å². The van der Waals surface area contributed by atoms with Gasteiger partial charge in [-0.3, -0.25) is 4.79 Å². The zero-order valence-corrected chi connectivity index (χ0v) is 12.9. The minimum Gasteiger partial charge on any atom is -0.360 e. The molecule has 3 nitrogen and oxygen atoms in total. The van der Waals surface area contributed by atoms with Crippen LogP contribution < -0.4 is 0 Å². The summed E-state index contributed by atoms with van der Waals surface area (Å²) in [6.45, 7) is 0. The maximum atomic E-state index is 13.7. The number of hydrogen-bond acceptors (Lipinski definition) is 2. The van der Waals surface area contributed by atoms with Crippen LogP contribution in [0.2, 0.25) is 5.02 Å². The maximum absolute atomic E-state index is 13.7. The number of nitrogens with one attached hydrogen (secondary N) is 1. The number of benzene rings is 2. The average Bonchev–Trinajstić information content (AvgIpc) is 2.98. The van der Waals surface area contributed by atoms with Crippen LogP contribution in [0.15, 0.2) is 48.2 Å². The fourth-order valence-electron chi connectivity index (χ4n) is 2.37. The number of fused-ring (bicyclic) bond motifs is 1. The van der Waals surface area contributed by atoms with E-state index in [4.69, 9.17) is 11.6 Å². The van der Waals surface area contributed by atoms with E-state index in [1.54, 1.807) is 24.3 Å². The van der Waals surface area contributed by atoms with Gasteiger partial charge in [0, 0.05) is 33.2 Å². The van der Waals surface area contributed by atoms with E-state index in [2.05, 4.69) is 4.98 Å². The second-order valence-corrected chi connectivity index (χ2v) is 5.47. The lowest BCUT2D eigenvalue weighted by Gasteiger charge is -2.01. The number of carbonyl (C=O) groups excluding carboxylic acids is 1. The van der Waals surface area contributed by atoms with Gasteiger partial charge in [-0.25, -0.2) is 8.78 Å². The summed E-state index contributed by atoms with van der Waals surface area (Å²) in [5, 5.41) is 10.3. The maximum Gasteiger partial charge on any atom is 0.205 e. The molecule has 3 aromatic rings. The summed E-state index contributed by atoms with van der Waals surface area (Å²) >= 11 is 5.89. The zero-order chi connectivity index (χ0) is 17.3. The van der Waals surface area contributed by atoms with Crippen LogP contribution in [0, 0.1) is 23.0 Å². The molecular weight excluding hydrogens is 334 g/mol. The van der Waals surface area contributed by atoms with Crippen LogP contribution >= 0.6 is 11.6 Å². The standard InChI is InChI=1S/C18H9ClF2N2O/c19-12-4-5-13-14(9-23-16(13)7-12)18(24)11(8-22)6-10-2-1-3-15(20)17(10)21/h1-7,9,23H/b11-6-. The van der Waals surface area contributed by atoms with Crippen molar-refractivity contribution in [2.24, 2.45) is 0 Å². The minimum absolute atomic E-state index is 0.164. The molecule has 0 saturated heterocycles. The van der Waals surface area contributed by atoms with Crippen molar-refractivity contribution in [2.75, 3.05) is 0 Å². The minimum atomic E-state index is -1.11. The highest BCUT2D eigenvalue weighted by Gasteiger charge is 2.18. The molecule has 0 bridgehead atoms. The van der Waals surface area contributed by atoms with E-state index in [1.807, 2.05) is 0 Å². The summed E-state index contributed by atoms with van der Waals surface area (Å²) < 4.78 is 27.0. The van der Waals surface area contributed by atoms with Crippen molar-refractivity contribution in [3.63, 3.8) is 0 Å². The zero-order valence-electron chi connectivity index (χ0n) is 12.1. The Morgan fingerprint density at radius 1 is 1.25 bits per heavy atom. The van der Waals surface area contributed by atoms with Gasteiger partial charge >= 0.3 is 0 Å². The Labute approximate surface area is 140 Å². The van der Waals surface area contributed by atoms with Crippen LogP contribution in [0.5, 0.6) is 0 Å². The van der Waals surface area contributed by atoms with Gasteiger partial charge in [-0.1, -0.05) is 29.8 Å². The lowest BCUT2D eigenvalue weighted by molar-refractivity contribution is 0.104. The highest BCUT2D eigenvalue weighted by molar-refractivity contribution is 6.31. The molecule has 6 heteroatoms. The van der Waals surface area contributed by atoms with Crippen molar-refractivity contribution in [1.82, 2.24) is 4.98 Å². The molecule has 0 unspecified atom stereocenters. The van der Waals surface area contributed by atoms with E-state index in [-0.39, 0.29) is 16.7 Å². The van der Waals surface area contributed by atoms with Gasteiger partial charge in [-0.2, -0.15) is 5.26 Å². The Kier molecular flexibility index (Phi) is 4.15. The number of allylic oxidation sites excluding steroid dienone is 1. The van der Waals surface area contributed by atoms with Crippen molar-refractivity contribution in [3.05, 3.63) is 76.0 Å². The Morgan fingerprint density at radius 2 is 2.04 bits per heavy atom. The highest BCUT2D eigenvalue weighted by atomic mass is 35.5. The van der Waals surface area contributed by atoms with Crippen LogP contribution in [0.1, 0.15) is 15.9 Å². The van der Waals surface area contributed by atoms with Gasteiger partial charge in [0.15, 0.2) is 11.6 Å². The molecule has 1 N–H and O–H groups in total. The summed E-state index contributed by atoms with van der Waals surface area (Å²) in [6, 6.07) is 10.2. The van der Waals surface area contributed by atoms with Crippen molar-refractivity contribution < 1.29 is 13.6 Å². The molecule has 0 spiro atoms. The van der Waals surface area contributed by atoms with E-state index in [0.717, 1.165) is 12.1 Å². The van der Waals surface area contributed by atoms with E-state index < -0.39 is 17.4 Å². The highest BCUT2D eigenvalue weighted by Crippen LogP contribution is 2.25. The number of carbonyl (C=O) groups is 1. The molecule has 0 radical (unpaired) electrons. The molecule has 3 rings (SSSR count). The second-order valence-electron chi connectivity index (χ2n) is 5.03. The van der Waals surface area contributed by atoms with E-state index in [1.165, 1.54) is 18.3 Å². The number of nitrogens with zero attached hydrogens (tertiary/aromatic N) is 1. The predicted molar refractivity (Wildman–Crippen MR) is 87.6 cm³/mol. The van der Waals surface area contributed by atoms with Crippen LogP contribution in [-0.4, -0.2) is 10.8 Å². The molecule has 0 atom stereocenters. The summed E-state index contributed by atoms with van der Waals surface area (Å²) in [5.41, 5.74) is 0.435. The molecule has 1 aromatic heterocycles. The second kappa shape index (κ2) is 6.26. The summed E-state index contributed by atoms with van der Waals surface area (Å²) in [7, 11) is 0. The first-order valence-corrected chi connectivity index (χ1v) is 7.26. The molecule has 0 aliphatic rings. The Hall–Kier alpha value is -2.97. The third kappa shape index (κ3) is 2.80. The van der Waals surface area contributed by atoms with Gasteiger partial charge in [0.25, 0.3) is 0 Å². The van der Waals surface area contributed by atoms with Crippen LogP contribution in [0.3, 0.4) is 0 Å². The number of halogens is 3. The topological polar surface area (TPSA) is 56.6 Å². The van der Waals surface area contributed by atoms with E-state index in [9.17, 15) is 18.8 Å². The SMILES string of the molecule is N#C/C(=C/c1cccc(F)c1F)C(=O)c1c[nH]c2cc(Cl)ccc12. The summed E-state index contributed by atoms with van der Waals surface area (Å²) in [4.78, 5) is 15.5. The lowest BCUT2D eigenvalue weighted by Crippen LogP contribution is -2.01. The molecule has 0 amide bonds. The average molecular weight is 343 g/mol. The number of Topliss-reactive ketones (excluding diaryl/α,β-unsaturated/α-hetero) is 1. The van der Waals surface area contributed by atoms with Gasteiger partial charge in [0.05, 0.1) is 0 Å². The normalized spacial score (nSPS) is 11.5. The molecule has 2 aromatic carbocycles. The molecule has 24 heavy (non-hydrogen) atoms. The number of rotatable bonds is 3. The fraction of sp³-hybridized carbons (Fsp3) is 0. The van der Waals surface area contributed by atoms with Crippen LogP contribution in [-0.2, 0) is 0 Å². The van der Waals surface area contributed by atoms with Crippen molar-refractivity contribution in [3.8, 4) is 6.07 Å². The number of hydrogen-bond donors (Lipinski definition) is 1. The lowest BCUT2D eigenvalue weighted by atomic mass is 10.0. The molecular formula is C18H9ClF2N2O. The molecule has 118 valence electrons. The molecule has 1 heterocycles. The smallest absolute Gasteiger partial charge is 0.205 e. The summed E-state index contributed by atoms with van der Waals surface area (Å²) in [6.07, 6.45) is 2.49. The third-order valence-corrected chi connectivity index (χ3v) is 3.77. The first-order chi connectivity index (χ1) is 11.5. The molecule has 0 aliphatic heterocycles.